The molecule has 11 nitrogen and oxygen atoms in total. The van der Waals surface area contributed by atoms with Crippen LogP contribution in [0.15, 0.2) is 54.1 Å². The second kappa shape index (κ2) is 8.86. The van der Waals surface area contributed by atoms with Gasteiger partial charge >= 0.3 is 0 Å². The van der Waals surface area contributed by atoms with Crippen molar-refractivity contribution < 1.29 is 5.11 Å². The molecule has 2 N–H and O–H groups in total. The summed E-state index contributed by atoms with van der Waals surface area (Å²) in [4.78, 5) is 31.7. The molecule has 192 valence electrons. The van der Waals surface area contributed by atoms with E-state index in [0.29, 0.717) is 41.6 Å². The predicted molar refractivity (Wildman–Crippen MR) is 143 cm³/mol. The van der Waals surface area contributed by atoms with Crippen LogP contribution in [0.25, 0.3) is 16.9 Å². The number of aliphatic hydroxyl groups is 1. The zero-order valence-corrected chi connectivity index (χ0v) is 21.1. The molecule has 2 aliphatic rings. The molecule has 0 bridgehead atoms. The Kier molecular flexibility index (Phi) is 5.61. The SMILES string of the molecule is C=CCn1c(=O)c2cnc(Nc3ccc(N4CCN(C)CC4)cc3)nc2n1-c1cn2c(n1)[C@@](C)(O)CC2. The number of fused-ring (bicyclic) bond motifs is 2. The van der Waals surface area contributed by atoms with Gasteiger partial charge in [0.15, 0.2) is 11.5 Å². The Morgan fingerprint density at radius 1 is 1.14 bits per heavy atom. The fourth-order valence-electron chi connectivity index (χ4n) is 5.11. The van der Waals surface area contributed by atoms with Crippen molar-refractivity contribution in [2.24, 2.45) is 0 Å². The number of anilines is 3. The van der Waals surface area contributed by atoms with E-state index in [1.165, 1.54) is 10.4 Å². The molecule has 6 rings (SSSR count). The highest BCUT2D eigenvalue weighted by molar-refractivity contribution is 5.77. The van der Waals surface area contributed by atoms with Crippen LogP contribution in [-0.2, 0) is 18.7 Å². The molecule has 4 aromatic rings. The van der Waals surface area contributed by atoms with Gasteiger partial charge in [-0.15, -0.1) is 6.58 Å². The van der Waals surface area contributed by atoms with Gasteiger partial charge in [0.1, 0.15) is 16.8 Å². The van der Waals surface area contributed by atoms with Gasteiger partial charge in [-0.2, -0.15) is 4.98 Å². The molecule has 0 saturated carbocycles. The van der Waals surface area contributed by atoms with Crippen LogP contribution in [0.4, 0.5) is 17.3 Å². The number of benzene rings is 1. The van der Waals surface area contributed by atoms with Gasteiger partial charge in [0.25, 0.3) is 5.56 Å². The van der Waals surface area contributed by atoms with Crippen LogP contribution in [0.5, 0.6) is 0 Å². The molecule has 0 amide bonds. The number of allylic oxidation sites excluding steroid dienone is 1. The van der Waals surface area contributed by atoms with Crippen LogP contribution in [-0.4, -0.2) is 72.1 Å². The number of hydrogen-bond acceptors (Lipinski definition) is 8. The lowest BCUT2D eigenvalue weighted by atomic mass is 10.1. The molecule has 1 atom stereocenters. The summed E-state index contributed by atoms with van der Waals surface area (Å²) in [6.45, 7) is 10.6. The Hall–Kier alpha value is -3.96. The van der Waals surface area contributed by atoms with E-state index in [-0.39, 0.29) is 12.1 Å². The first-order chi connectivity index (χ1) is 17.8. The average molecular weight is 502 g/mol. The average Bonchev–Trinajstić information content (AvgIpc) is 3.52. The van der Waals surface area contributed by atoms with Crippen molar-refractivity contribution >= 4 is 28.4 Å². The first-order valence-corrected chi connectivity index (χ1v) is 12.5. The number of likely N-dealkylation sites (N-methyl/N-ethyl adjacent to an activating group) is 1. The molecule has 0 aliphatic carbocycles. The maximum absolute atomic E-state index is 13.2. The van der Waals surface area contributed by atoms with E-state index in [9.17, 15) is 9.90 Å². The molecule has 0 unspecified atom stereocenters. The van der Waals surface area contributed by atoms with Crippen molar-refractivity contribution in [1.82, 2.24) is 33.8 Å². The number of aryl methyl sites for hydroxylation is 1. The zero-order chi connectivity index (χ0) is 25.7. The molecule has 0 radical (unpaired) electrons. The lowest BCUT2D eigenvalue weighted by Gasteiger charge is -2.34. The molecule has 37 heavy (non-hydrogen) atoms. The maximum Gasteiger partial charge on any atom is 0.278 e. The maximum atomic E-state index is 13.2. The minimum atomic E-state index is -1.01. The molecule has 3 aromatic heterocycles. The van der Waals surface area contributed by atoms with Gasteiger partial charge in [-0.1, -0.05) is 6.08 Å². The molecule has 1 fully saturated rings. The van der Waals surface area contributed by atoms with E-state index in [0.717, 1.165) is 31.9 Å². The van der Waals surface area contributed by atoms with Gasteiger partial charge < -0.3 is 24.8 Å². The summed E-state index contributed by atoms with van der Waals surface area (Å²) < 4.78 is 5.14. The Morgan fingerprint density at radius 3 is 2.59 bits per heavy atom. The Morgan fingerprint density at radius 2 is 1.89 bits per heavy atom. The normalized spacial score (nSPS) is 19.9. The quantitative estimate of drug-likeness (QED) is 0.387. The van der Waals surface area contributed by atoms with Gasteiger partial charge in [-0.05, 0) is 38.2 Å². The summed E-state index contributed by atoms with van der Waals surface area (Å²) in [6, 6.07) is 8.22. The standard InChI is InChI=1S/C26H31N9O2/c1-4-10-34-23(36)20-16-27-25(28-18-5-7-19(8-6-18)32-14-12-31(3)13-15-32)30-22(20)35(34)21-17-33-11-9-26(2,37)24(33)29-21/h4-8,16-17,37H,1,9-15H2,2-3H3,(H,27,28,30)/t26-/m0/s1. The Labute approximate surface area is 214 Å². The topological polar surface area (TPSA) is 109 Å². The largest absolute Gasteiger partial charge is 0.382 e. The highest BCUT2D eigenvalue weighted by atomic mass is 16.3. The van der Waals surface area contributed by atoms with Crippen LogP contribution < -0.4 is 15.8 Å². The zero-order valence-electron chi connectivity index (χ0n) is 21.1. The van der Waals surface area contributed by atoms with Gasteiger partial charge in [-0.25, -0.2) is 19.3 Å². The predicted octanol–water partition coefficient (Wildman–Crippen LogP) is 2.07. The number of rotatable bonds is 6. The van der Waals surface area contributed by atoms with Crippen molar-refractivity contribution in [3.63, 3.8) is 0 Å². The minimum Gasteiger partial charge on any atom is -0.382 e. The molecule has 1 saturated heterocycles. The summed E-state index contributed by atoms with van der Waals surface area (Å²) in [5.41, 5.74) is 1.25. The van der Waals surface area contributed by atoms with Crippen molar-refractivity contribution in [1.29, 1.82) is 0 Å². The number of imidazole rings is 1. The highest BCUT2D eigenvalue weighted by Gasteiger charge is 2.35. The lowest BCUT2D eigenvalue weighted by Crippen LogP contribution is -2.44. The van der Waals surface area contributed by atoms with Crippen molar-refractivity contribution in [3.8, 4) is 5.82 Å². The smallest absolute Gasteiger partial charge is 0.278 e. The van der Waals surface area contributed by atoms with Gasteiger partial charge in [0.2, 0.25) is 5.95 Å². The van der Waals surface area contributed by atoms with Crippen molar-refractivity contribution in [2.45, 2.75) is 32.0 Å². The summed E-state index contributed by atoms with van der Waals surface area (Å²) in [5.74, 6) is 1.47. The van der Waals surface area contributed by atoms with E-state index in [1.807, 2.05) is 22.9 Å². The third kappa shape index (κ3) is 4.09. The van der Waals surface area contributed by atoms with E-state index in [2.05, 4.69) is 50.8 Å². The fourth-order valence-corrected chi connectivity index (χ4v) is 5.11. The van der Waals surface area contributed by atoms with Crippen molar-refractivity contribution in [3.05, 3.63) is 65.5 Å². The molecule has 1 aromatic carbocycles. The summed E-state index contributed by atoms with van der Waals surface area (Å²) >= 11 is 0. The molecule has 0 spiro atoms. The number of nitrogens with one attached hydrogen (secondary N) is 1. The van der Waals surface area contributed by atoms with Crippen LogP contribution >= 0.6 is 0 Å². The minimum absolute atomic E-state index is 0.224. The molecular weight excluding hydrogens is 470 g/mol. The number of aromatic nitrogens is 6. The monoisotopic (exact) mass is 501 g/mol. The number of nitrogens with zero attached hydrogens (tertiary/aromatic N) is 8. The third-order valence-corrected chi connectivity index (χ3v) is 7.27. The highest BCUT2D eigenvalue weighted by Crippen LogP contribution is 2.32. The van der Waals surface area contributed by atoms with Gasteiger partial charge in [0.05, 0.1) is 12.7 Å². The summed E-state index contributed by atoms with van der Waals surface area (Å²) in [6.07, 6.45) is 5.65. The number of hydrogen-bond donors (Lipinski definition) is 2. The van der Waals surface area contributed by atoms with E-state index >= 15 is 0 Å². The second-order valence-electron chi connectivity index (χ2n) is 10.0. The van der Waals surface area contributed by atoms with E-state index < -0.39 is 5.60 Å². The molecule has 2 aliphatic heterocycles. The van der Waals surface area contributed by atoms with Crippen LogP contribution in [0.1, 0.15) is 19.2 Å². The summed E-state index contributed by atoms with van der Waals surface area (Å²) in [5, 5.41) is 14.4. The molecular formula is C26H31N9O2. The Bertz CT molecular complexity index is 1520. The summed E-state index contributed by atoms with van der Waals surface area (Å²) in [7, 11) is 2.15. The number of piperazine rings is 1. The van der Waals surface area contributed by atoms with E-state index in [4.69, 9.17) is 4.98 Å². The molecule has 5 heterocycles. The van der Waals surface area contributed by atoms with Gasteiger partial charge in [-0.3, -0.25) is 4.79 Å². The Balaban J connectivity index is 1.34. The van der Waals surface area contributed by atoms with Crippen LogP contribution in [0.3, 0.4) is 0 Å². The van der Waals surface area contributed by atoms with Crippen LogP contribution in [0.2, 0.25) is 0 Å². The van der Waals surface area contributed by atoms with Gasteiger partial charge in [0, 0.05) is 56.7 Å². The first kappa shape index (κ1) is 23.4. The first-order valence-electron chi connectivity index (χ1n) is 12.5. The van der Waals surface area contributed by atoms with Crippen molar-refractivity contribution in [2.75, 3.05) is 43.4 Å². The second-order valence-corrected chi connectivity index (χ2v) is 10.0. The van der Waals surface area contributed by atoms with Crippen LogP contribution in [0, 0.1) is 0 Å². The lowest BCUT2D eigenvalue weighted by molar-refractivity contribution is 0.0551. The third-order valence-electron chi connectivity index (χ3n) is 7.27. The van der Waals surface area contributed by atoms with E-state index in [1.54, 1.807) is 23.9 Å². The molecule has 11 heteroatoms. The fraction of sp³-hybridized carbons (Fsp3) is 0.385.